The molecule has 0 nitrogen and oxygen atoms in total. The molecule has 0 spiro atoms. The predicted molar refractivity (Wildman–Crippen MR) is 125 cm³/mol. The number of halogens is 2. The van der Waals surface area contributed by atoms with Crippen LogP contribution in [0.15, 0.2) is 36.4 Å². The Kier molecular flexibility index (Phi) is 6.70. The molecule has 1 saturated heterocycles. The molecule has 3 heteroatoms. The first-order chi connectivity index (χ1) is 13.6. The number of rotatable bonds is 2. The van der Waals surface area contributed by atoms with Gasteiger partial charge in [0.15, 0.2) is 0 Å². The summed E-state index contributed by atoms with van der Waals surface area (Å²) in [6.07, 6.45) is 12.0. The van der Waals surface area contributed by atoms with Gasteiger partial charge in [-0.05, 0) is 0 Å². The molecule has 0 unspecified atom stereocenters. The second-order valence-electron chi connectivity index (χ2n) is 11.4. The summed E-state index contributed by atoms with van der Waals surface area (Å²) in [4.78, 5) is 0. The molecule has 0 aromatic heterocycles. The van der Waals surface area contributed by atoms with E-state index in [1.807, 2.05) is 0 Å². The van der Waals surface area contributed by atoms with Gasteiger partial charge in [-0.3, -0.25) is 0 Å². The Morgan fingerprint density at radius 1 is 0.613 bits per heavy atom. The first kappa shape index (κ1) is 25.0. The van der Waals surface area contributed by atoms with Crippen molar-refractivity contribution in [3.8, 4) is 0 Å². The van der Waals surface area contributed by atoms with E-state index in [0.29, 0.717) is 0 Å². The fraction of sp³-hybridized carbons (Fsp3) is 0.429. The van der Waals surface area contributed by atoms with E-state index >= 15 is 0 Å². The maximum atomic E-state index is 2.56. The van der Waals surface area contributed by atoms with E-state index in [0.717, 1.165) is 12.8 Å². The molecule has 1 heterocycles. The molecule has 1 fully saturated rings. The normalized spacial score (nSPS) is 16.6. The fourth-order valence-corrected chi connectivity index (χ4v) is 19.1. The Bertz CT molecular complexity index is 990. The Morgan fingerprint density at radius 2 is 1.00 bits per heavy atom. The molecule has 2 aromatic carbocycles. The summed E-state index contributed by atoms with van der Waals surface area (Å²) in [5.74, 6) is 0. The van der Waals surface area contributed by atoms with Crippen LogP contribution in [0.2, 0.25) is 8.26 Å². The molecular formula is C28H34Cl2Zr. The topological polar surface area (TPSA) is 0 Å². The van der Waals surface area contributed by atoms with E-state index in [-0.39, 0.29) is 35.6 Å². The first-order valence-corrected chi connectivity index (χ1v) is 17.2. The molecule has 5 rings (SSSR count). The first-order valence-electron chi connectivity index (χ1n) is 11.3. The summed E-state index contributed by atoms with van der Waals surface area (Å²) in [6.45, 7) is 14.2. The van der Waals surface area contributed by atoms with Crippen molar-refractivity contribution in [2.75, 3.05) is 0 Å². The van der Waals surface area contributed by atoms with E-state index in [1.54, 1.807) is 39.9 Å². The van der Waals surface area contributed by atoms with Crippen molar-refractivity contribution >= 4 is 18.7 Å². The predicted octanol–water partition coefficient (Wildman–Crippen LogP) is 0.383. The molecule has 0 bridgehead atoms. The third kappa shape index (κ3) is 3.98. The van der Waals surface area contributed by atoms with E-state index in [4.69, 9.17) is 0 Å². The van der Waals surface area contributed by atoms with Gasteiger partial charge in [0.1, 0.15) is 0 Å². The van der Waals surface area contributed by atoms with Crippen LogP contribution in [-0.4, -0.2) is 0 Å². The summed E-state index contributed by atoms with van der Waals surface area (Å²) in [7, 11) is 0. The van der Waals surface area contributed by atoms with Crippen molar-refractivity contribution in [1.82, 2.24) is 0 Å². The molecule has 3 aliphatic rings. The van der Waals surface area contributed by atoms with Crippen LogP contribution in [0.4, 0.5) is 0 Å². The van der Waals surface area contributed by atoms with Crippen LogP contribution in [0, 0.1) is 0 Å². The third-order valence-corrected chi connectivity index (χ3v) is 18.2. The quantitative estimate of drug-likeness (QED) is 0.525. The van der Waals surface area contributed by atoms with E-state index in [1.165, 1.54) is 8.26 Å². The molecule has 0 radical (unpaired) electrons. The SMILES string of the molecule is CC(C)(C)c1cc[c]([Zr+2]2([c]3ccc(C(C)(C)C)c4c3C=CC4)[CH2][CH2]2)c2c1CC=C2.[Cl-].[Cl-]. The van der Waals surface area contributed by atoms with Gasteiger partial charge >= 0.3 is 182 Å². The molecule has 2 aromatic rings. The van der Waals surface area contributed by atoms with Crippen LogP contribution < -0.4 is 31.4 Å². The molecular weight excluding hydrogens is 498 g/mol. The molecule has 31 heavy (non-hydrogen) atoms. The molecule has 0 N–H and O–H groups in total. The van der Waals surface area contributed by atoms with Crippen LogP contribution >= 0.6 is 0 Å². The van der Waals surface area contributed by atoms with Crippen LogP contribution in [0.5, 0.6) is 0 Å². The molecule has 0 atom stereocenters. The Hall–Kier alpha value is -0.617. The monoisotopic (exact) mass is 530 g/mol. The summed E-state index contributed by atoms with van der Waals surface area (Å²) < 4.78 is 6.53. The standard InChI is InChI=1S/2C13H15.C2H4.2ClH.Zr/c2*1-13(2,3)12-9-5-7-10-6-4-8-11(10)12;1-2;;;/h2*4-6,9H,8H2,1-3H3;1-2H2;2*1H;/q;;;;;+2/p-2. The van der Waals surface area contributed by atoms with Gasteiger partial charge in [-0.15, -0.1) is 0 Å². The van der Waals surface area contributed by atoms with Gasteiger partial charge in [0.05, 0.1) is 0 Å². The number of hydrogen-bond donors (Lipinski definition) is 0. The number of benzene rings is 2. The van der Waals surface area contributed by atoms with Crippen LogP contribution in [0.1, 0.15) is 74.9 Å². The Morgan fingerprint density at radius 3 is 1.32 bits per heavy atom. The second kappa shape index (κ2) is 8.31. The molecule has 0 saturated carbocycles. The van der Waals surface area contributed by atoms with Gasteiger partial charge in [0.25, 0.3) is 0 Å². The molecule has 1 aliphatic heterocycles. The largest absolute Gasteiger partial charge is 1.00 e. The Labute approximate surface area is 205 Å². The molecule has 0 amide bonds. The number of allylic oxidation sites excluding steroid dienone is 2. The summed E-state index contributed by atoms with van der Waals surface area (Å²) >= 11 is -2.51. The van der Waals surface area contributed by atoms with Crippen LogP contribution in [-0.2, 0) is 43.9 Å². The average molecular weight is 533 g/mol. The van der Waals surface area contributed by atoms with Gasteiger partial charge in [-0.1, -0.05) is 0 Å². The van der Waals surface area contributed by atoms with Crippen molar-refractivity contribution in [3.05, 3.63) is 69.8 Å². The fourth-order valence-electron chi connectivity index (χ4n) is 5.79. The maximum absolute atomic E-state index is 2.56. The van der Waals surface area contributed by atoms with E-state index in [9.17, 15) is 0 Å². The van der Waals surface area contributed by atoms with E-state index in [2.05, 4.69) is 90.1 Å². The summed E-state index contributed by atoms with van der Waals surface area (Å²) in [5, 5.41) is 0. The van der Waals surface area contributed by atoms with Crippen molar-refractivity contribution in [2.24, 2.45) is 0 Å². The smallest absolute Gasteiger partial charge is 1.00 e. The van der Waals surface area contributed by atoms with Crippen molar-refractivity contribution in [3.63, 3.8) is 0 Å². The van der Waals surface area contributed by atoms with Gasteiger partial charge in [0.2, 0.25) is 0 Å². The van der Waals surface area contributed by atoms with Crippen molar-refractivity contribution in [2.45, 2.75) is 73.5 Å². The zero-order valence-electron chi connectivity index (χ0n) is 19.7. The van der Waals surface area contributed by atoms with Gasteiger partial charge < -0.3 is 24.8 Å². The van der Waals surface area contributed by atoms with Crippen LogP contribution in [0.25, 0.3) is 12.2 Å². The van der Waals surface area contributed by atoms with Crippen LogP contribution in [0.3, 0.4) is 0 Å². The maximum Gasteiger partial charge on any atom is -1.00 e. The molecule has 164 valence electrons. The minimum Gasteiger partial charge on any atom is -1.00 e. The minimum absolute atomic E-state index is 0. The Balaban J connectivity index is 0.00000136. The van der Waals surface area contributed by atoms with Crippen molar-refractivity contribution in [1.29, 1.82) is 0 Å². The summed E-state index contributed by atoms with van der Waals surface area (Å²) in [5.41, 5.74) is 10.0. The zero-order valence-corrected chi connectivity index (χ0v) is 23.7. The number of fused-ring (bicyclic) bond motifs is 2. The number of hydrogen-bond acceptors (Lipinski definition) is 0. The van der Waals surface area contributed by atoms with E-state index < -0.39 is 20.3 Å². The van der Waals surface area contributed by atoms with Gasteiger partial charge in [0, 0.05) is 0 Å². The molecule has 2 aliphatic carbocycles. The average Bonchev–Trinajstić information content (AvgIpc) is 3.05. The summed E-state index contributed by atoms with van der Waals surface area (Å²) in [6, 6.07) is 10.1. The minimum atomic E-state index is -2.51. The van der Waals surface area contributed by atoms with Crippen molar-refractivity contribution < 1.29 is 45.1 Å². The third-order valence-electron chi connectivity index (χ3n) is 7.32. The zero-order chi connectivity index (χ0) is 20.6. The second-order valence-corrected chi connectivity index (χ2v) is 21.8. The van der Waals surface area contributed by atoms with Gasteiger partial charge in [-0.2, -0.15) is 0 Å². The van der Waals surface area contributed by atoms with Gasteiger partial charge in [-0.25, -0.2) is 0 Å².